The fourth-order valence-corrected chi connectivity index (χ4v) is 3.28. The summed E-state index contributed by atoms with van der Waals surface area (Å²) in [5.41, 5.74) is 1.90. The van der Waals surface area contributed by atoms with E-state index in [1.54, 1.807) is 14.0 Å². The van der Waals surface area contributed by atoms with E-state index in [-0.39, 0.29) is 5.76 Å². The molecule has 3 rings (SSSR count). The second-order valence-corrected chi connectivity index (χ2v) is 5.94. The molecule has 1 aliphatic rings. The van der Waals surface area contributed by atoms with E-state index in [2.05, 4.69) is 17.0 Å². The van der Waals surface area contributed by atoms with Gasteiger partial charge in [0.15, 0.2) is 0 Å². The van der Waals surface area contributed by atoms with Gasteiger partial charge in [-0.3, -0.25) is 4.90 Å². The van der Waals surface area contributed by atoms with Crippen molar-refractivity contribution >= 4 is 5.97 Å². The number of rotatable bonds is 5. The first-order chi connectivity index (χ1) is 11.1. The Hall–Kier alpha value is -2.27. The molecule has 1 aromatic carbocycles. The van der Waals surface area contributed by atoms with Crippen LogP contribution in [0, 0.1) is 6.92 Å². The zero-order chi connectivity index (χ0) is 16.4. The fraction of sp³-hybridized carbons (Fsp3) is 0.389. The molecule has 1 aliphatic heterocycles. The van der Waals surface area contributed by atoms with E-state index >= 15 is 0 Å². The largest absolute Gasteiger partial charge is 0.497 e. The van der Waals surface area contributed by atoms with Crippen LogP contribution in [0.25, 0.3) is 0 Å². The Kier molecular flexibility index (Phi) is 4.39. The van der Waals surface area contributed by atoms with Gasteiger partial charge in [-0.2, -0.15) is 0 Å². The Bertz CT molecular complexity index is 707. The molecule has 0 spiro atoms. The van der Waals surface area contributed by atoms with Crippen LogP contribution in [0.4, 0.5) is 0 Å². The third-order valence-corrected chi connectivity index (χ3v) is 4.36. The fourth-order valence-electron chi connectivity index (χ4n) is 3.28. The molecule has 1 N–H and O–H groups in total. The van der Waals surface area contributed by atoms with Gasteiger partial charge in [0.1, 0.15) is 11.5 Å². The molecule has 1 atom stereocenters. The van der Waals surface area contributed by atoms with Gasteiger partial charge in [0.25, 0.3) is 0 Å². The van der Waals surface area contributed by atoms with E-state index in [1.165, 1.54) is 5.56 Å². The summed E-state index contributed by atoms with van der Waals surface area (Å²) in [4.78, 5) is 13.4. The molecular weight excluding hydrogens is 294 g/mol. The zero-order valence-corrected chi connectivity index (χ0v) is 13.4. The van der Waals surface area contributed by atoms with E-state index in [0.717, 1.165) is 25.1 Å². The molecule has 0 radical (unpaired) electrons. The monoisotopic (exact) mass is 315 g/mol. The van der Waals surface area contributed by atoms with Crippen molar-refractivity contribution < 1.29 is 19.1 Å². The molecule has 2 aromatic rings. The summed E-state index contributed by atoms with van der Waals surface area (Å²) in [7, 11) is 1.67. The van der Waals surface area contributed by atoms with Crippen molar-refractivity contribution in [2.45, 2.75) is 32.4 Å². The number of carbonyl (C=O) groups is 1. The number of carboxylic acid groups (broad SMARTS) is 1. The number of aryl methyl sites for hydroxylation is 1. The Balaban J connectivity index is 1.79. The third kappa shape index (κ3) is 3.24. The molecule has 1 saturated heterocycles. The first kappa shape index (κ1) is 15.6. The molecule has 5 heteroatoms. The highest BCUT2D eigenvalue weighted by Gasteiger charge is 2.27. The first-order valence-corrected chi connectivity index (χ1v) is 7.79. The lowest BCUT2D eigenvalue weighted by Crippen LogP contribution is -2.22. The number of likely N-dealkylation sites (tertiary alicyclic amines) is 1. The number of furan rings is 1. The molecule has 122 valence electrons. The topological polar surface area (TPSA) is 62.9 Å². The van der Waals surface area contributed by atoms with Gasteiger partial charge in [-0.25, -0.2) is 4.79 Å². The Labute approximate surface area is 135 Å². The van der Waals surface area contributed by atoms with Crippen molar-refractivity contribution in [1.29, 1.82) is 0 Å². The van der Waals surface area contributed by atoms with Gasteiger partial charge in [0.05, 0.1) is 13.7 Å². The minimum Gasteiger partial charge on any atom is -0.497 e. The summed E-state index contributed by atoms with van der Waals surface area (Å²) in [6, 6.07) is 10.3. The number of aromatic carboxylic acids is 1. The maximum Gasteiger partial charge on any atom is 0.372 e. The SMILES string of the molecule is COc1cccc(C2CCCN2Cc2cc(C)c(C(=O)O)o2)c1. The van der Waals surface area contributed by atoms with Gasteiger partial charge in [0.2, 0.25) is 5.76 Å². The Morgan fingerprint density at radius 2 is 2.26 bits per heavy atom. The number of hydrogen-bond donors (Lipinski definition) is 1. The van der Waals surface area contributed by atoms with Crippen molar-refractivity contribution in [3.8, 4) is 5.75 Å². The average Bonchev–Trinajstić information content (AvgIpc) is 3.14. The summed E-state index contributed by atoms with van der Waals surface area (Å²) in [6.07, 6.45) is 2.20. The number of methoxy groups -OCH3 is 1. The maximum absolute atomic E-state index is 11.1. The highest BCUT2D eigenvalue weighted by atomic mass is 16.5. The van der Waals surface area contributed by atoms with E-state index < -0.39 is 5.97 Å². The number of benzene rings is 1. The van der Waals surface area contributed by atoms with Crippen LogP contribution in [0.3, 0.4) is 0 Å². The molecule has 5 nitrogen and oxygen atoms in total. The number of nitrogens with zero attached hydrogens (tertiary/aromatic N) is 1. The molecule has 0 bridgehead atoms. The summed E-state index contributed by atoms with van der Waals surface area (Å²) < 4.78 is 10.8. The second-order valence-electron chi connectivity index (χ2n) is 5.94. The number of carboxylic acids is 1. The van der Waals surface area contributed by atoms with Crippen LogP contribution in [-0.4, -0.2) is 29.6 Å². The van der Waals surface area contributed by atoms with Gasteiger partial charge in [-0.05, 0) is 50.1 Å². The minimum absolute atomic E-state index is 0.0390. The molecule has 2 heterocycles. The molecule has 23 heavy (non-hydrogen) atoms. The van der Waals surface area contributed by atoms with Crippen molar-refractivity contribution in [2.75, 3.05) is 13.7 Å². The van der Waals surface area contributed by atoms with Gasteiger partial charge in [0, 0.05) is 11.6 Å². The van der Waals surface area contributed by atoms with Crippen LogP contribution in [0.15, 0.2) is 34.7 Å². The molecule has 1 aromatic heterocycles. The standard InChI is InChI=1S/C18H21NO4/c1-12-9-15(23-17(12)18(20)21)11-19-8-4-7-16(19)13-5-3-6-14(10-13)22-2/h3,5-6,9-10,16H,4,7-8,11H2,1-2H3,(H,20,21). The highest BCUT2D eigenvalue weighted by molar-refractivity contribution is 5.86. The molecule has 0 aliphatic carbocycles. The van der Waals surface area contributed by atoms with Gasteiger partial charge < -0.3 is 14.3 Å². The minimum atomic E-state index is -1.01. The lowest BCUT2D eigenvalue weighted by molar-refractivity contribution is 0.0657. The quantitative estimate of drug-likeness (QED) is 0.913. The van der Waals surface area contributed by atoms with Crippen molar-refractivity contribution in [2.24, 2.45) is 0 Å². The summed E-state index contributed by atoms with van der Waals surface area (Å²) in [5, 5.41) is 9.11. The van der Waals surface area contributed by atoms with Gasteiger partial charge in [-0.15, -0.1) is 0 Å². The second kappa shape index (κ2) is 6.46. The van der Waals surface area contributed by atoms with Crippen molar-refractivity contribution in [3.63, 3.8) is 0 Å². The third-order valence-electron chi connectivity index (χ3n) is 4.36. The van der Waals surface area contributed by atoms with Crippen molar-refractivity contribution in [1.82, 2.24) is 4.90 Å². The van der Waals surface area contributed by atoms with E-state index in [1.807, 2.05) is 18.2 Å². The van der Waals surface area contributed by atoms with E-state index in [4.69, 9.17) is 14.3 Å². The predicted molar refractivity (Wildman–Crippen MR) is 85.8 cm³/mol. The molecule has 1 unspecified atom stereocenters. The molecular formula is C18H21NO4. The van der Waals surface area contributed by atoms with Gasteiger partial charge >= 0.3 is 5.97 Å². The predicted octanol–water partition coefficient (Wildman–Crippen LogP) is 3.63. The summed E-state index contributed by atoms with van der Waals surface area (Å²) in [5.74, 6) is 0.586. The number of hydrogen-bond acceptors (Lipinski definition) is 4. The molecule has 1 fully saturated rings. The van der Waals surface area contributed by atoms with Crippen LogP contribution in [0.5, 0.6) is 5.75 Å². The van der Waals surface area contributed by atoms with Gasteiger partial charge in [-0.1, -0.05) is 12.1 Å². The lowest BCUT2D eigenvalue weighted by atomic mass is 10.0. The van der Waals surface area contributed by atoms with Crippen molar-refractivity contribution in [3.05, 3.63) is 53.0 Å². The van der Waals surface area contributed by atoms with E-state index in [9.17, 15) is 4.79 Å². The van der Waals surface area contributed by atoms with Crippen LogP contribution >= 0.6 is 0 Å². The van der Waals surface area contributed by atoms with Crippen LogP contribution in [0.2, 0.25) is 0 Å². The highest BCUT2D eigenvalue weighted by Crippen LogP contribution is 2.34. The molecule has 0 amide bonds. The number of ether oxygens (including phenoxy) is 1. The van der Waals surface area contributed by atoms with E-state index in [0.29, 0.717) is 23.9 Å². The Morgan fingerprint density at radius 3 is 2.96 bits per heavy atom. The first-order valence-electron chi connectivity index (χ1n) is 7.79. The van der Waals surface area contributed by atoms with Crippen LogP contribution in [0.1, 0.15) is 46.3 Å². The van der Waals surface area contributed by atoms with Crippen LogP contribution in [-0.2, 0) is 6.54 Å². The average molecular weight is 315 g/mol. The summed E-state index contributed by atoms with van der Waals surface area (Å²) >= 11 is 0. The zero-order valence-electron chi connectivity index (χ0n) is 13.4. The molecule has 0 saturated carbocycles. The normalized spacial score (nSPS) is 18.3. The smallest absolute Gasteiger partial charge is 0.372 e. The van der Waals surface area contributed by atoms with Crippen LogP contribution < -0.4 is 4.74 Å². The lowest BCUT2D eigenvalue weighted by Gasteiger charge is -2.24. The summed E-state index contributed by atoms with van der Waals surface area (Å²) in [6.45, 7) is 3.36. The Morgan fingerprint density at radius 1 is 1.43 bits per heavy atom. The maximum atomic E-state index is 11.1.